The second-order valence-corrected chi connectivity index (χ2v) is 4.90. The molecule has 0 unspecified atom stereocenters. The summed E-state index contributed by atoms with van der Waals surface area (Å²) < 4.78 is 12.5. The molecule has 0 aliphatic rings. The molecule has 3 aromatic rings. The van der Waals surface area contributed by atoms with Crippen molar-refractivity contribution in [1.29, 1.82) is 5.26 Å². The molecule has 0 N–H and O–H groups in total. The lowest BCUT2D eigenvalue weighted by molar-refractivity contribution is 0.0271. The fourth-order valence-electron chi connectivity index (χ4n) is 2.16. The van der Waals surface area contributed by atoms with Gasteiger partial charge in [-0.1, -0.05) is 12.1 Å². The summed E-state index contributed by atoms with van der Waals surface area (Å²) in [7, 11) is 1.68. The minimum Gasteiger partial charge on any atom is -0.448 e. The van der Waals surface area contributed by atoms with Gasteiger partial charge < -0.3 is 13.7 Å². The smallest absolute Gasteiger partial charge is 0.355 e. The van der Waals surface area contributed by atoms with E-state index in [0.717, 1.165) is 0 Å². The molecule has 0 saturated carbocycles. The normalized spacial score (nSPS) is 12.0. The second kappa shape index (κ2) is 5.37. The minimum absolute atomic E-state index is 0.305. The molecule has 0 spiro atoms. The molecule has 2 aromatic heterocycles. The summed E-state index contributed by atoms with van der Waals surface area (Å²) in [6.45, 7) is 1.69. The summed E-state index contributed by atoms with van der Waals surface area (Å²) in [6, 6.07) is 10.8. The molecule has 22 heavy (non-hydrogen) atoms. The molecule has 0 bridgehead atoms. The molecular formula is C16H13N3O3. The SMILES string of the molecule is C[C@@H](OC(=O)c1cc(C#N)cn1C)c1nc2ccccc2o1. The number of esters is 1. The molecular weight excluding hydrogens is 282 g/mol. The Morgan fingerprint density at radius 1 is 1.45 bits per heavy atom. The predicted octanol–water partition coefficient (Wildman–Crippen LogP) is 2.96. The lowest BCUT2D eigenvalue weighted by Gasteiger charge is -2.09. The Morgan fingerprint density at radius 2 is 2.23 bits per heavy atom. The van der Waals surface area contributed by atoms with Crippen LogP contribution in [0.15, 0.2) is 40.9 Å². The molecule has 110 valence electrons. The molecule has 3 rings (SSSR count). The number of hydrogen-bond acceptors (Lipinski definition) is 5. The minimum atomic E-state index is -0.625. The molecule has 0 aliphatic carbocycles. The zero-order chi connectivity index (χ0) is 15.7. The maximum Gasteiger partial charge on any atom is 0.355 e. The van der Waals surface area contributed by atoms with Crippen LogP contribution in [0.5, 0.6) is 0 Å². The standard InChI is InChI=1S/C16H13N3O3/c1-10(15-18-12-5-3-4-6-14(12)22-15)21-16(20)13-7-11(8-17)9-19(13)2/h3-7,9-10H,1-2H3/t10-/m1/s1. The summed E-state index contributed by atoms with van der Waals surface area (Å²) in [5.41, 5.74) is 2.07. The van der Waals surface area contributed by atoms with Crippen molar-refractivity contribution in [3.63, 3.8) is 0 Å². The van der Waals surface area contributed by atoms with Gasteiger partial charge in [0.25, 0.3) is 0 Å². The van der Waals surface area contributed by atoms with E-state index in [9.17, 15) is 4.79 Å². The van der Waals surface area contributed by atoms with Crippen molar-refractivity contribution in [1.82, 2.24) is 9.55 Å². The van der Waals surface area contributed by atoms with E-state index in [1.165, 1.54) is 6.07 Å². The molecule has 2 heterocycles. The number of para-hydroxylation sites is 2. The number of carbonyl (C=O) groups excluding carboxylic acids is 1. The van der Waals surface area contributed by atoms with Crippen LogP contribution in [-0.2, 0) is 11.8 Å². The van der Waals surface area contributed by atoms with Gasteiger partial charge in [-0.15, -0.1) is 0 Å². The van der Waals surface area contributed by atoms with Gasteiger partial charge in [-0.05, 0) is 25.1 Å². The van der Waals surface area contributed by atoms with Gasteiger partial charge in [-0.25, -0.2) is 9.78 Å². The Labute approximate surface area is 126 Å². The third-order valence-electron chi connectivity index (χ3n) is 3.29. The maximum absolute atomic E-state index is 12.2. The average Bonchev–Trinajstić information content (AvgIpc) is 3.10. The van der Waals surface area contributed by atoms with Crippen molar-refractivity contribution in [2.75, 3.05) is 0 Å². The van der Waals surface area contributed by atoms with Crippen LogP contribution in [0.3, 0.4) is 0 Å². The van der Waals surface area contributed by atoms with E-state index in [0.29, 0.717) is 28.2 Å². The third kappa shape index (κ3) is 2.44. The van der Waals surface area contributed by atoms with Crippen LogP contribution < -0.4 is 0 Å². The highest BCUT2D eigenvalue weighted by atomic mass is 16.6. The molecule has 0 radical (unpaired) electrons. The first-order valence-electron chi connectivity index (χ1n) is 6.71. The molecule has 6 heteroatoms. The van der Waals surface area contributed by atoms with Crippen molar-refractivity contribution in [2.24, 2.45) is 7.05 Å². The number of rotatable bonds is 3. The number of fused-ring (bicyclic) bond motifs is 1. The van der Waals surface area contributed by atoms with Crippen LogP contribution in [0.25, 0.3) is 11.1 Å². The quantitative estimate of drug-likeness (QED) is 0.694. The van der Waals surface area contributed by atoms with Crippen LogP contribution in [0.1, 0.15) is 35.0 Å². The zero-order valence-corrected chi connectivity index (χ0v) is 12.1. The van der Waals surface area contributed by atoms with Crippen LogP contribution in [-0.4, -0.2) is 15.5 Å². The summed E-state index contributed by atoms with van der Waals surface area (Å²) in [4.78, 5) is 16.5. The molecule has 0 fully saturated rings. The third-order valence-corrected chi connectivity index (χ3v) is 3.29. The van der Waals surface area contributed by atoms with Gasteiger partial charge in [0.05, 0.1) is 5.56 Å². The summed E-state index contributed by atoms with van der Waals surface area (Å²) in [6.07, 6.45) is 0.945. The molecule has 0 saturated heterocycles. The Bertz CT molecular complexity index is 853. The monoisotopic (exact) mass is 295 g/mol. The number of ether oxygens (including phenoxy) is 1. The van der Waals surface area contributed by atoms with Gasteiger partial charge in [-0.3, -0.25) is 0 Å². The van der Waals surface area contributed by atoms with E-state index in [2.05, 4.69) is 4.98 Å². The molecule has 6 nitrogen and oxygen atoms in total. The number of benzene rings is 1. The van der Waals surface area contributed by atoms with E-state index >= 15 is 0 Å². The first kappa shape index (κ1) is 13.9. The first-order valence-corrected chi connectivity index (χ1v) is 6.71. The molecule has 0 aliphatic heterocycles. The predicted molar refractivity (Wildman–Crippen MR) is 78.0 cm³/mol. The van der Waals surface area contributed by atoms with E-state index in [4.69, 9.17) is 14.4 Å². The Hall–Kier alpha value is -3.07. The maximum atomic E-state index is 12.2. The lowest BCUT2D eigenvalue weighted by atomic mass is 10.3. The second-order valence-electron chi connectivity index (χ2n) is 4.90. The summed E-state index contributed by atoms with van der Waals surface area (Å²) in [5.74, 6) is -0.192. The van der Waals surface area contributed by atoms with Crippen LogP contribution in [0.2, 0.25) is 0 Å². The Kier molecular flexibility index (Phi) is 3.39. The van der Waals surface area contributed by atoms with Crippen molar-refractivity contribution < 1.29 is 13.9 Å². The fraction of sp³-hybridized carbons (Fsp3) is 0.188. The van der Waals surface area contributed by atoms with E-state index in [1.807, 2.05) is 24.3 Å². The van der Waals surface area contributed by atoms with Gasteiger partial charge in [0.2, 0.25) is 5.89 Å². The van der Waals surface area contributed by atoms with Crippen molar-refractivity contribution >= 4 is 17.1 Å². The fourth-order valence-corrected chi connectivity index (χ4v) is 2.16. The highest BCUT2D eigenvalue weighted by Gasteiger charge is 2.21. The van der Waals surface area contributed by atoms with Gasteiger partial charge in [-0.2, -0.15) is 5.26 Å². The highest BCUT2D eigenvalue weighted by molar-refractivity contribution is 5.88. The van der Waals surface area contributed by atoms with E-state index in [1.54, 1.807) is 30.8 Å². The number of oxazole rings is 1. The van der Waals surface area contributed by atoms with Gasteiger partial charge in [0.1, 0.15) is 17.3 Å². The van der Waals surface area contributed by atoms with Crippen molar-refractivity contribution in [3.05, 3.63) is 53.7 Å². The van der Waals surface area contributed by atoms with Crippen LogP contribution in [0.4, 0.5) is 0 Å². The van der Waals surface area contributed by atoms with Gasteiger partial charge >= 0.3 is 5.97 Å². The number of aryl methyl sites for hydroxylation is 1. The summed E-state index contributed by atoms with van der Waals surface area (Å²) >= 11 is 0. The number of nitrogens with zero attached hydrogens (tertiary/aromatic N) is 3. The largest absolute Gasteiger partial charge is 0.448 e. The molecule has 1 atom stereocenters. The zero-order valence-electron chi connectivity index (χ0n) is 12.1. The van der Waals surface area contributed by atoms with E-state index in [-0.39, 0.29) is 0 Å². The van der Waals surface area contributed by atoms with E-state index < -0.39 is 12.1 Å². The number of nitriles is 1. The summed E-state index contributed by atoms with van der Waals surface area (Å²) in [5, 5.41) is 8.86. The average molecular weight is 295 g/mol. The van der Waals surface area contributed by atoms with Crippen LogP contribution in [0, 0.1) is 11.3 Å². The number of hydrogen-bond donors (Lipinski definition) is 0. The molecule has 1 aromatic carbocycles. The van der Waals surface area contributed by atoms with Crippen LogP contribution >= 0.6 is 0 Å². The number of aromatic nitrogens is 2. The lowest BCUT2D eigenvalue weighted by Crippen LogP contribution is -2.12. The van der Waals surface area contributed by atoms with Crippen molar-refractivity contribution in [3.8, 4) is 6.07 Å². The Morgan fingerprint density at radius 3 is 2.91 bits per heavy atom. The topological polar surface area (TPSA) is 81.0 Å². The van der Waals surface area contributed by atoms with Crippen molar-refractivity contribution in [2.45, 2.75) is 13.0 Å². The number of carbonyl (C=O) groups is 1. The van der Waals surface area contributed by atoms with Gasteiger partial charge in [0.15, 0.2) is 11.7 Å². The van der Waals surface area contributed by atoms with Gasteiger partial charge in [0, 0.05) is 13.2 Å². The highest BCUT2D eigenvalue weighted by Crippen LogP contribution is 2.23. The Balaban J connectivity index is 1.81. The molecule has 0 amide bonds. The first-order chi connectivity index (χ1) is 10.6.